The molecule has 0 saturated carbocycles. The van der Waals surface area contributed by atoms with Gasteiger partial charge < -0.3 is 10.2 Å². The predicted molar refractivity (Wildman–Crippen MR) is 82.7 cm³/mol. The number of nitrogens with one attached hydrogen (secondary N) is 1. The number of hydrogen-bond donors (Lipinski definition) is 1. The van der Waals surface area contributed by atoms with Gasteiger partial charge in [-0.1, -0.05) is 29.8 Å². The summed E-state index contributed by atoms with van der Waals surface area (Å²) in [5.74, 6) is 0.521. The molecule has 1 aliphatic heterocycles. The number of carbonyl (C=O) groups is 1. The molecule has 110 valence electrons. The number of rotatable bonds is 4. The summed E-state index contributed by atoms with van der Waals surface area (Å²) in [5, 5.41) is 3.31. The minimum atomic E-state index is 0.210. The highest BCUT2D eigenvalue weighted by Crippen LogP contribution is 2.17. The molecule has 1 amide bonds. The van der Waals surface area contributed by atoms with E-state index < -0.39 is 0 Å². The molecule has 2 rings (SSSR count). The van der Waals surface area contributed by atoms with Gasteiger partial charge in [-0.2, -0.15) is 0 Å². The van der Waals surface area contributed by atoms with Gasteiger partial charge in [-0.25, -0.2) is 0 Å². The van der Waals surface area contributed by atoms with Gasteiger partial charge in [0, 0.05) is 19.0 Å². The summed E-state index contributed by atoms with van der Waals surface area (Å²) in [5.41, 5.74) is 2.58. The van der Waals surface area contributed by atoms with Crippen LogP contribution in [0.15, 0.2) is 24.3 Å². The lowest BCUT2D eigenvalue weighted by atomic mass is 9.95. The van der Waals surface area contributed by atoms with Crippen molar-refractivity contribution in [3.63, 3.8) is 0 Å². The zero-order valence-corrected chi connectivity index (χ0v) is 12.9. The monoisotopic (exact) mass is 274 g/mol. The van der Waals surface area contributed by atoms with Crippen LogP contribution in [0.2, 0.25) is 0 Å². The first-order chi connectivity index (χ1) is 9.58. The molecule has 20 heavy (non-hydrogen) atoms. The van der Waals surface area contributed by atoms with Gasteiger partial charge >= 0.3 is 0 Å². The lowest BCUT2D eigenvalue weighted by Gasteiger charge is -2.31. The molecule has 1 heterocycles. The third-order valence-corrected chi connectivity index (χ3v) is 4.35. The Morgan fingerprint density at radius 1 is 1.30 bits per heavy atom. The van der Waals surface area contributed by atoms with Crippen LogP contribution in [0.25, 0.3) is 0 Å². The average Bonchev–Trinajstić information content (AvgIpc) is 2.49. The molecule has 1 unspecified atom stereocenters. The van der Waals surface area contributed by atoms with E-state index in [1.165, 1.54) is 11.1 Å². The van der Waals surface area contributed by atoms with E-state index in [1.54, 1.807) is 0 Å². The molecule has 0 aromatic heterocycles. The molecule has 1 fully saturated rings. The molecule has 0 spiro atoms. The van der Waals surface area contributed by atoms with Crippen molar-refractivity contribution < 1.29 is 4.79 Å². The van der Waals surface area contributed by atoms with E-state index in [0.717, 1.165) is 32.4 Å². The number of nitrogens with zero attached hydrogens (tertiary/aromatic N) is 1. The largest absolute Gasteiger partial charge is 0.342 e. The van der Waals surface area contributed by atoms with Crippen LogP contribution in [0.4, 0.5) is 0 Å². The van der Waals surface area contributed by atoms with Crippen molar-refractivity contribution in [3.8, 4) is 0 Å². The van der Waals surface area contributed by atoms with Crippen LogP contribution in [0.1, 0.15) is 30.9 Å². The van der Waals surface area contributed by atoms with E-state index in [1.807, 2.05) is 11.9 Å². The Bertz CT molecular complexity index is 435. The Labute approximate surface area is 122 Å². The molecule has 1 aromatic rings. The second kappa shape index (κ2) is 6.89. The third-order valence-electron chi connectivity index (χ3n) is 4.35. The summed E-state index contributed by atoms with van der Waals surface area (Å²) in [6, 6.07) is 8.84. The maximum atomic E-state index is 12.5. The second-order valence-corrected chi connectivity index (χ2v) is 6.01. The van der Waals surface area contributed by atoms with Gasteiger partial charge in [-0.05, 0) is 51.8 Å². The van der Waals surface area contributed by atoms with Gasteiger partial charge in [-0.3, -0.25) is 4.79 Å². The summed E-state index contributed by atoms with van der Waals surface area (Å²) in [6.07, 6.45) is 2.87. The van der Waals surface area contributed by atoms with Crippen molar-refractivity contribution in [1.29, 1.82) is 0 Å². The average molecular weight is 274 g/mol. The lowest BCUT2D eigenvalue weighted by Crippen LogP contribution is -2.43. The number of likely N-dealkylation sites (N-methyl/N-ethyl adjacent to an activating group) is 1. The Morgan fingerprint density at radius 2 is 1.90 bits per heavy atom. The fraction of sp³-hybridized carbons (Fsp3) is 0.588. The zero-order chi connectivity index (χ0) is 14.5. The van der Waals surface area contributed by atoms with E-state index in [2.05, 4.69) is 43.4 Å². The van der Waals surface area contributed by atoms with E-state index in [4.69, 9.17) is 0 Å². The maximum absolute atomic E-state index is 12.5. The fourth-order valence-electron chi connectivity index (χ4n) is 2.78. The van der Waals surface area contributed by atoms with E-state index >= 15 is 0 Å². The third kappa shape index (κ3) is 3.83. The minimum Gasteiger partial charge on any atom is -0.342 e. The molecule has 1 aromatic carbocycles. The molecule has 3 heteroatoms. The first-order valence-electron chi connectivity index (χ1n) is 7.61. The number of benzene rings is 1. The quantitative estimate of drug-likeness (QED) is 0.914. The lowest BCUT2D eigenvalue weighted by molar-refractivity contribution is -0.136. The molecule has 0 aliphatic carbocycles. The first-order valence-corrected chi connectivity index (χ1v) is 7.61. The van der Waals surface area contributed by atoms with Gasteiger partial charge in [0.1, 0.15) is 0 Å². The maximum Gasteiger partial charge on any atom is 0.225 e. The molecule has 1 atom stereocenters. The van der Waals surface area contributed by atoms with E-state index in [-0.39, 0.29) is 12.0 Å². The summed E-state index contributed by atoms with van der Waals surface area (Å²) in [6.45, 7) is 6.17. The zero-order valence-electron chi connectivity index (χ0n) is 12.9. The van der Waals surface area contributed by atoms with E-state index in [9.17, 15) is 4.79 Å². The Hall–Kier alpha value is -1.35. The van der Waals surface area contributed by atoms with Crippen molar-refractivity contribution >= 4 is 5.91 Å². The van der Waals surface area contributed by atoms with Crippen molar-refractivity contribution in [2.75, 3.05) is 20.1 Å². The summed E-state index contributed by atoms with van der Waals surface area (Å²) in [7, 11) is 1.95. The van der Waals surface area contributed by atoms with Crippen LogP contribution in [-0.4, -0.2) is 37.0 Å². The number of piperidine rings is 1. The van der Waals surface area contributed by atoms with Gasteiger partial charge in [0.15, 0.2) is 0 Å². The van der Waals surface area contributed by atoms with Gasteiger partial charge in [0.05, 0.1) is 0 Å². The Morgan fingerprint density at radius 3 is 2.50 bits per heavy atom. The van der Waals surface area contributed by atoms with Gasteiger partial charge in [-0.15, -0.1) is 0 Å². The van der Waals surface area contributed by atoms with Crippen LogP contribution < -0.4 is 5.32 Å². The predicted octanol–water partition coefficient (Wildman–Crippen LogP) is 2.38. The van der Waals surface area contributed by atoms with E-state index in [0.29, 0.717) is 5.91 Å². The topological polar surface area (TPSA) is 32.3 Å². The van der Waals surface area contributed by atoms with Crippen LogP contribution in [0.5, 0.6) is 0 Å². The van der Waals surface area contributed by atoms with Gasteiger partial charge in [0.2, 0.25) is 5.91 Å². The Kier molecular flexibility index (Phi) is 5.18. The highest BCUT2D eigenvalue weighted by atomic mass is 16.2. The number of amides is 1. The van der Waals surface area contributed by atoms with Crippen LogP contribution in [0, 0.1) is 12.8 Å². The van der Waals surface area contributed by atoms with Crippen LogP contribution in [-0.2, 0) is 11.2 Å². The molecule has 1 saturated heterocycles. The number of hydrogen-bond acceptors (Lipinski definition) is 2. The molecular weight excluding hydrogens is 248 g/mol. The first kappa shape index (κ1) is 15.0. The minimum absolute atomic E-state index is 0.210. The van der Waals surface area contributed by atoms with Crippen LogP contribution >= 0.6 is 0 Å². The van der Waals surface area contributed by atoms with Crippen molar-refractivity contribution in [1.82, 2.24) is 10.2 Å². The van der Waals surface area contributed by atoms with Crippen molar-refractivity contribution in [2.24, 2.45) is 5.92 Å². The van der Waals surface area contributed by atoms with Crippen LogP contribution in [0.3, 0.4) is 0 Å². The van der Waals surface area contributed by atoms with Crippen molar-refractivity contribution in [2.45, 2.75) is 39.2 Å². The normalized spacial score (nSPS) is 17.8. The molecule has 0 radical (unpaired) electrons. The smallest absolute Gasteiger partial charge is 0.225 e. The SMILES string of the molecule is Cc1ccc(CC(C)N(C)C(=O)C2CCNCC2)cc1. The fourth-order valence-corrected chi connectivity index (χ4v) is 2.78. The summed E-state index contributed by atoms with van der Waals surface area (Å²) in [4.78, 5) is 14.4. The molecular formula is C17H26N2O. The van der Waals surface area contributed by atoms with Crippen molar-refractivity contribution in [3.05, 3.63) is 35.4 Å². The number of aryl methyl sites for hydroxylation is 1. The standard InChI is InChI=1S/C17H26N2O/c1-13-4-6-15(7-5-13)12-14(2)19(3)17(20)16-8-10-18-11-9-16/h4-7,14,16,18H,8-12H2,1-3H3. The Balaban J connectivity index is 1.91. The molecule has 3 nitrogen and oxygen atoms in total. The molecule has 1 aliphatic rings. The van der Waals surface area contributed by atoms with Gasteiger partial charge in [0.25, 0.3) is 0 Å². The molecule has 1 N–H and O–H groups in total. The highest BCUT2D eigenvalue weighted by Gasteiger charge is 2.26. The molecule has 0 bridgehead atoms. The second-order valence-electron chi connectivity index (χ2n) is 6.01. The summed E-state index contributed by atoms with van der Waals surface area (Å²) < 4.78 is 0. The highest BCUT2D eigenvalue weighted by molar-refractivity contribution is 5.79. The summed E-state index contributed by atoms with van der Waals surface area (Å²) >= 11 is 0. The number of carbonyl (C=O) groups excluding carboxylic acids is 1.